The minimum Gasteiger partial charge on any atom is -0.497 e. The molecule has 0 aromatic heterocycles. The van der Waals surface area contributed by atoms with Crippen LogP contribution in [-0.2, 0) is 8.85 Å². The van der Waals surface area contributed by atoms with Crippen molar-refractivity contribution in [3.05, 3.63) is 29.8 Å². The fraction of sp³-hybridized carbons (Fsp3) is 0.750. The predicted octanol–water partition coefficient (Wildman–Crippen LogP) is 8.20. The largest absolute Gasteiger partial charge is 0.497 e. The smallest absolute Gasteiger partial charge is 0.192 e. The number of thioether (sulfide) groups is 2. The van der Waals surface area contributed by atoms with E-state index >= 15 is 0 Å². The number of hydrogen-bond donors (Lipinski definition) is 0. The first-order valence-corrected chi connectivity index (χ1v) is 19.2. The SMILES string of the molecule is COc1ccc(C(SCCO[Si](C)(C)C(C)(C)C)SCCO[Si](C)(C)C(C)(C)C)cc1. The lowest BCUT2D eigenvalue weighted by Gasteiger charge is -2.36. The van der Waals surface area contributed by atoms with Crippen LogP contribution < -0.4 is 4.74 Å². The predicted molar refractivity (Wildman–Crippen MR) is 147 cm³/mol. The van der Waals surface area contributed by atoms with Gasteiger partial charge in [0, 0.05) is 24.7 Å². The molecule has 1 aromatic rings. The molecule has 0 unspecified atom stereocenters. The Morgan fingerprint density at radius 2 is 1.13 bits per heavy atom. The van der Waals surface area contributed by atoms with Gasteiger partial charge in [-0.1, -0.05) is 53.7 Å². The summed E-state index contributed by atoms with van der Waals surface area (Å²) in [4.78, 5) is 0. The van der Waals surface area contributed by atoms with Crippen molar-refractivity contribution in [2.75, 3.05) is 31.8 Å². The van der Waals surface area contributed by atoms with E-state index in [-0.39, 0.29) is 10.1 Å². The van der Waals surface area contributed by atoms with Gasteiger partial charge in [0.05, 0.1) is 11.7 Å². The van der Waals surface area contributed by atoms with Crippen LogP contribution in [0.5, 0.6) is 5.75 Å². The highest BCUT2D eigenvalue weighted by atomic mass is 32.2. The third-order valence-corrected chi connectivity index (χ3v) is 18.5. The molecular formula is C24H46O3S2Si2. The van der Waals surface area contributed by atoms with E-state index in [2.05, 4.69) is 92.0 Å². The van der Waals surface area contributed by atoms with E-state index in [0.29, 0.717) is 4.58 Å². The molecule has 0 radical (unpaired) electrons. The number of rotatable bonds is 12. The van der Waals surface area contributed by atoms with Crippen LogP contribution in [0.4, 0.5) is 0 Å². The van der Waals surface area contributed by atoms with E-state index in [9.17, 15) is 0 Å². The Hall–Kier alpha value is 0.0738. The quantitative estimate of drug-likeness (QED) is 0.163. The van der Waals surface area contributed by atoms with Crippen molar-refractivity contribution in [2.45, 2.75) is 82.4 Å². The maximum absolute atomic E-state index is 6.39. The lowest BCUT2D eigenvalue weighted by atomic mass is 10.2. The van der Waals surface area contributed by atoms with Gasteiger partial charge in [-0.2, -0.15) is 0 Å². The molecule has 0 amide bonds. The first-order valence-electron chi connectivity index (χ1n) is 11.3. The van der Waals surface area contributed by atoms with Gasteiger partial charge in [0.2, 0.25) is 0 Å². The van der Waals surface area contributed by atoms with Crippen LogP contribution in [0.2, 0.25) is 36.3 Å². The van der Waals surface area contributed by atoms with E-state index in [4.69, 9.17) is 13.6 Å². The van der Waals surface area contributed by atoms with Gasteiger partial charge in [-0.15, -0.1) is 23.5 Å². The first kappa shape index (κ1) is 29.1. The van der Waals surface area contributed by atoms with Gasteiger partial charge in [-0.3, -0.25) is 0 Å². The van der Waals surface area contributed by atoms with Crippen molar-refractivity contribution in [2.24, 2.45) is 0 Å². The van der Waals surface area contributed by atoms with E-state index in [1.54, 1.807) is 7.11 Å². The first-order chi connectivity index (χ1) is 14.1. The highest BCUT2D eigenvalue weighted by Gasteiger charge is 2.37. The molecule has 0 spiro atoms. The maximum atomic E-state index is 6.39. The van der Waals surface area contributed by atoms with E-state index in [1.807, 2.05) is 23.5 Å². The molecule has 0 aliphatic heterocycles. The zero-order valence-electron chi connectivity index (χ0n) is 21.8. The van der Waals surface area contributed by atoms with Gasteiger partial charge in [0.25, 0.3) is 0 Å². The summed E-state index contributed by atoms with van der Waals surface area (Å²) in [5.41, 5.74) is 1.33. The summed E-state index contributed by atoms with van der Waals surface area (Å²) in [5, 5.41) is 0.506. The molecule has 1 aromatic carbocycles. The highest BCUT2D eigenvalue weighted by Crippen LogP contribution is 2.42. The summed E-state index contributed by atoms with van der Waals surface area (Å²) >= 11 is 3.96. The molecule has 0 aliphatic rings. The van der Waals surface area contributed by atoms with Crippen LogP contribution in [0.25, 0.3) is 0 Å². The standard InChI is InChI=1S/C24H46O3S2Si2/c1-23(2,3)30(8,9)26-16-18-28-22(20-12-14-21(25-7)15-13-20)29-19-17-27-31(10,11)24(4,5)6/h12-15,22H,16-19H2,1-11H3. The Bertz CT molecular complexity index is 616. The fourth-order valence-corrected chi connectivity index (χ4v) is 7.17. The molecule has 1 rings (SSSR count). The molecule has 0 aliphatic carbocycles. The molecular weight excluding hydrogens is 457 g/mol. The van der Waals surface area contributed by atoms with Crippen LogP contribution in [0.1, 0.15) is 51.7 Å². The Labute approximate surface area is 203 Å². The molecule has 0 heterocycles. The molecule has 0 fully saturated rings. The summed E-state index contributed by atoms with van der Waals surface area (Å²) in [6.07, 6.45) is 0. The second kappa shape index (κ2) is 12.0. The van der Waals surface area contributed by atoms with Crippen molar-refractivity contribution in [1.29, 1.82) is 0 Å². The number of hydrogen-bond acceptors (Lipinski definition) is 5. The summed E-state index contributed by atoms with van der Waals surface area (Å²) in [6, 6.07) is 8.49. The van der Waals surface area contributed by atoms with Crippen LogP contribution in [0.3, 0.4) is 0 Å². The highest BCUT2D eigenvalue weighted by molar-refractivity contribution is 8.16. The fourth-order valence-electron chi connectivity index (χ4n) is 2.34. The molecule has 7 heteroatoms. The van der Waals surface area contributed by atoms with E-state index in [0.717, 1.165) is 30.5 Å². The van der Waals surface area contributed by atoms with Crippen LogP contribution in [0, 0.1) is 0 Å². The van der Waals surface area contributed by atoms with Gasteiger partial charge >= 0.3 is 0 Å². The third kappa shape index (κ3) is 9.45. The number of benzene rings is 1. The van der Waals surface area contributed by atoms with Crippen LogP contribution >= 0.6 is 23.5 Å². The molecule has 0 bridgehead atoms. The zero-order chi connectivity index (χ0) is 23.9. The number of methoxy groups -OCH3 is 1. The van der Waals surface area contributed by atoms with Crippen molar-refractivity contribution in [1.82, 2.24) is 0 Å². The molecule has 0 saturated carbocycles. The molecule has 3 nitrogen and oxygen atoms in total. The van der Waals surface area contributed by atoms with Gasteiger partial charge < -0.3 is 13.6 Å². The van der Waals surface area contributed by atoms with E-state index in [1.165, 1.54) is 5.56 Å². The second-order valence-electron chi connectivity index (χ2n) is 11.1. The van der Waals surface area contributed by atoms with Crippen molar-refractivity contribution in [3.8, 4) is 5.75 Å². The average molecular weight is 503 g/mol. The third-order valence-electron chi connectivity index (χ3n) is 6.63. The summed E-state index contributed by atoms with van der Waals surface area (Å²) in [5.74, 6) is 2.90. The molecule has 0 N–H and O–H groups in total. The van der Waals surface area contributed by atoms with Gasteiger partial charge in [-0.05, 0) is 54.0 Å². The minimum atomic E-state index is -1.69. The monoisotopic (exact) mass is 502 g/mol. The molecule has 31 heavy (non-hydrogen) atoms. The van der Waals surface area contributed by atoms with Crippen molar-refractivity contribution < 1.29 is 13.6 Å². The topological polar surface area (TPSA) is 27.7 Å². The van der Waals surface area contributed by atoms with Gasteiger partial charge in [0.15, 0.2) is 16.6 Å². The lowest BCUT2D eigenvalue weighted by molar-refractivity contribution is 0.311. The van der Waals surface area contributed by atoms with E-state index < -0.39 is 16.6 Å². The Morgan fingerprint density at radius 3 is 1.45 bits per heavy atom. The summed E-state index contributed by atoms with van der Waals surface area (Å²) < 4.78 is 18.5. The van der Waals surface area contributed by atoms with Crippen molar-refractivity contribution in [3.63, 3.8) is 0 Å². The minimum absolute atomic E-state index is 0.253. The lowest BCUT2D eigenvalue weighted by Crippen LogP contribution is -2.41. The second-order valence-corrected chi connectivity index (χ2v) is 23.4. The maximum Gasteiger partial charge on any atom is 0.192 e. The Morgan fingerprint density at radius 1 is 0.742 bits per heavy atom. The normalized spacial score (nSPS) is 13.7. The van der Waals surface area contributed by atoms with Crippen LogP contribution in [0.15, 0.2) is 24.3 Å². The summed E-state index contributed by atoms with van der Waals surface area (Å²) in [7, 11) is -1.67. The number of ether oxygens (including phenoxy) is 1. The molecule has 0 atom stereocenters. The van der Waals surface area contributed by atoms with Crippen LogP contribution in [-0.4, -0.2) is 48.5 Å². The zero-order valence-corrected chi connectivity index (χ0v) is 25.4. The molecule has 180 valence electrons. The Balaban J connectivity index is 2.68. The summed E-state index contributed by atoms with van der Waals surface area (Å²) in [6.45, 7) is 24.7. The Kier molecular flexibility index (Phi) is 11.2. The van der Waals surface area contributed by atoms with Gasteiger partial charge in [-0.25, -0.2) is 0 Å². The van der Waals surface area contributed by atoms with Crippen molar-refractivity contribution >= 4 is 40.2 Å². The average Bonchev–Trinajstić information content (AvgIpc) is 2.65. The molecule has 0 saturated heterocycles. The van der Waals surface area contributed by atoms with Gasteiger partial charge in [0.1, 0.15) is 5.75 Å².